The van der Waals surface area contributed by atoms with Crippen molar-refractivity contribution in [3.8, 4) is 0 Å². The van der Waals surface area contributed by atoms with E-state index >= 15 is 0 Å². The molecule has 1 atom stereocenters. The van der Waals surface area contributed by atoms with Gasteiger partial charge in [0.25, 0.3) is 0 Å². The molecule has 0 radical (unpaired) electrons. The van der Waals surface area contributed by atoms with E-state index in [0.717, 1.165) is 47.2 Å². The molecule has 0 aromatic heterocycles. The molecule has 3 rings (SSSR count). The second-order valence-corrected chi connectivity index (χ2v) is 8.34. The summed E-state index contributed by atoms with van der Waals surface area (Å²) in [5, 5.41) is 1.14. The van der Waals surface area contributed by atoms with Crippen molar-refractivity contribution in [2.45, 2.75) is 24.1 Å². The Hall–Kier alpha value is -2.38. The molecule has 0 spiro atoms. The van der Waals surface area contributed by atoms with Crippen molar-refractivity contribution < 1.29 is 18.4 Å². The van der Waals surface area contributed by atoms with Crippen molar-refractivity contribution in [2.24, 2.45) is 0 Å². The lowest BCUT2D eigenvalue weighted by Gasteiger charge is -2.46. The largest absolute Gasteiger partial charge is 0.344 e. The highest BCUT2D eigenvalue weighted by Gasteiger charge is 2.45. The van der Waals surface area contributed by atoms with Crippen LogP contribution in [0, 0.1) is 11.6 Å². The summed E-state index contributed by atoms with van der Waals surface area (Å²) in [5.74, 6) is -1.09. The van der Waals surface area contributed by atoms with E-state index in [1.165, 1.54) is 25.9 Å². The summed E-state index contributed by atoms with van der Waals surface area (Å²) in [6.45, 7) is 4.02. The molecule has 2 aromatic carbocycles. The third kappa shape index (κ3) is 4.02. The summed E-state index contributed by atoms with van der Waals surface area (Å²) in [5.41, 5.74) is 2.19. The molecule has 2 amide bonds. The minimum Gasteiger partial charge on any atom is -0.307 e. The van der Waals surface area contributed by atoms with E-state index in [1.54, 1.807) is 11.9 Å². The van der Waals surface area contributed by atoms with Gasteiger partial charge in [0, 0.05) is 24.6 Å². The Morgan fingerprint density at radius 2 is 1.93 bits per heavy atom. The third-order valence-electron chi connectivity index (χ3n) is 5.29. The monoisotopic (exact) mass is 418 g/mol. The molecule has 0 heterocycles. The SMILES string of the molecule is C=C(SC1(N(C)C(=O)N(C)OC)CCCc2ccccc21)c1cc(F)ccc1F. The molecule has 1 unspecified atom stereocenters. The maximum absolute atomic E-state index is 14.4. The smallest absolute Gasteiger partial charge is 0.307 e. The molecule has 1 aliphatic rings. The van der Waals surface area contributed by atoms with Crippen LogP contribution >= 0.6 is 11.8 Å². The van der Waals surface area contributed by atoms with E-state index in [1.807, 2.05) is 24.3 Å². The lowest BCUT2D eigenvalue weighted by Crippen LogP contribution is -2.50. The van der Waals surface area contributed by atoms with Crippen molar-refractivity contribution in [3.05, 3.63) is 77.4 Å². The number of fused-ring (bicyclic) bond motifs is 1. The topological polar surface area (TPSA) is 32.8 Å². The molecule has 1 aliphatic carbocycles. The number of carbonyl (C=O) groups excluding carboxylic acids is 1. The van der Waals surface area contributed by atoms with Crippen LogP contribution in [0.15, 0.2) is 49.0 Å². The molecule has 2 aromatic rings. The third-order valence-corrected chi connectivity index (χ3v) is 6.79. The summed E-state index contributed by atoms with van der Waals surface area (Å²) in [6, 6.07) is 10.9. The van der Waals surface area contributed by atoms with E-state index in [2.05, 4.69) is 6.58 Å². The fourth-order valence-electron chi connectivity index (χ4n) is 3.71. The Bertz CT molecular complexity index is 937. The van der Waals surface area contributed by atoms with Gasteiger partial charge < -0.3 is 4.90 Å². The van der Waals surface area contributed by atoms with E-state index in [4.69, 9.17) is 4.84 Å². The summed E-state index contributed by atoms with van der Waals surface area (Å²) in [6.07, 6.45) is 2.38. The molecule has 0 aliphatic heterocycles. The zero-order valence-electron chi connectivity index (χ0n) is 16.7. The molecule has 0 saturated heterocycles. The number of hydrogen-bond acceptors (Lipinski definition) is 3. The van der Waals surface area contributed by atoms with Gasteiger partial charge in [-0.3, -0.25) is 4.84 Å². The van der Waals surface area contributed by atoms with Gasteiger partial charge in [0.05, 0.1) is 7.11 Å². The van der Waals surface area contributed by atoms with Crippen molar-refractivity contribution in [3.63, 3.8) is 0 Å². The number of benzene rings is 2. The van der Waals surface area contributed by atoms with Crippen LogP contribution in [0.2, 0.25) is 0 Å². The summed E-state index contributed by atoms with van der Waals surface area (Å²) in [7, 11) is 4.65. The Kier molecular flexibility index (Phi) is 6.29. The summed E-state index contributed by atoms with van der Waals surface area (Å²) < 4.78 is 28.1. The number of hydroxylamine groups is 2. The number of carbonyl (C=O) groups is 1. The maximum atomic E-state index is 14.4. The Balaban J connectivity index is 2.09. The lowest BCUT2D eigenvalue weighted by molar-refractivity contribution is -0.0788. The second-order valence-electron chi connectivity index (χ2n) is 6.97. The van der Waals surface area contributed by atoms with Crippen LogP contribution in [0.5, 0.6) is 0 Å². The molecule has 154 valence electrons. The number of thioether (sulfide) groups is 1. The number of amides is 2. The zero-order valence-corrected chi connectivity index (χ0v) is 17.6. The van der Waals surface area contributed by atoms with E-state index in [0.29, 0.717) is 11.3 Å². The molecule has 7 heteroatoms. The predicted molar refractivity (Wildman–Crippen MR) is 112 cm³/mol. The molecular formula is C22H24F2N2O2S. The van der Waals surface area contributed by atoms with Gasteiger partial charge >= 0.3 is 6.03 Å². The fourth-order valence-corrected chi connectivity index (χ4v) is 5.15. The zero-order chi connectivity index (χ0) is 21.2. The highest BCUT2D eigenvalue weighted by atomic mass is 32.2. The van der Waals surface area contributed by atoms with Gasteiger partial charge in [0.15, 0.2) is 0 Å². The first kappa shape index (κ1) is 21.3. The summed E-state index contributed by atoms with van der Waals surface area (Å²) in [4.78, 5) is 19.2. The Morgan fingerprint density at radius 1 is 1.21 bits per heavy atom. The van der Waals surface area contributed by atoms with Crippen LogP contribution < -0.4 is 0 Å². The number of rotatable bonds is 5. The Morgan fingerprint density at radius 3 is 2.66 bits per heavy atom. The average molecular weight is 419 g/mol. The maximum Gasteiger partial charge on any atom is 0.344 e. The number of urea groups is 1. The first-order chi connectivity index (χ1) is 13.8. The molecule has 4 nitrogen and oxygen atoms in total. The van der Waals surface area contributed by atoms with Crippen LogP contribution in [0.4, 0.5) is 13.6 Å². The van der Waals surface area contributed by atoms with Crippen molar-refractivity contribution in [1.29, 1.82) is 0 Å². The van der Waals surface area contributed by atoms with Gasteiger partial charge in [-0.25, -0.2) is 18.6 Å². The van der Waals surface area contributed by atoms with Crippen LogP contribution in [-0.4, -0.2) is 37.2 Å². The predicted octanol–water partition coefficient (Wildman–Crippen LogP) is 5.40. The summed E-state index contributed by atoms with van der Waals surface area (Å²) >= 11 is 1.27. The van der Waals surface area contributed by atoms with Gasteiger partial charge in [-0.05, 0) is 48.6 Å². The number of hydrogen-bond donors (Lipinski definition) is 0. The molecule has 0 saturated carbocycles. The van der Waals surface area contributed by atoms with E-state index in [-0.39, 0.29) is 11.6 Å². The van der Waals surface area contributed by atoms with Crippen LogP contribution in [-0.2, 0) is 16.1 Å². The Labute approximate surface area is 174 Å². The molecule has 0 bridgehead atoms. The first-order valence-corrected chi connectivity index (χ1v) is 10.1. The van der Waals surface area contributed by atoms with E-state index < -0.39 is 16.5 Å². The van der Waals surface area contributed by atoms with Crippen molar-refractivity contribution in [2.75, 3.05) is 21.2 Å². The second kappa shape index (κ2) is 8.55. The standard InChI is InChI=1S/C22H24F2N2O2S/c1-15(18-14-17(23)11-12-20(18)24)29-22(25(2)21(27)26(3)28-4)13-7-9-16-8-5-6-10-19(16)22/h5-6,8,10-12,14H,1,7,9,13H2,2-4H3. The van der Waals surface area contributed by atoms with Crippen LogP contribution in [0.25, 0.3) is 4.91 Å². The fraction of sp³-hybridized carbons (Fsp3) is 0.318. The minimum atomic E-state index is -0.825. The van der Waals surface area contributed by atoms with Crippen molar-refractivity contribution in [1.82, 2.24) is 9.96 Å². The number of aryl methyl sites for hydroxylation is 1. The molecule has 29 heavy (non-hydrogen) atoms. The minimum absolute atomic E-state index is 0.0957. The van der Waals surface area contributed by atoms with Crippen molar-refractivity contribution >= 4 is 22.7 Å². The molecule has 0 N–H and O–H groups in total. The number of halogens is 2. The van der Waals surface area contributed by atoms with Crippen LogP contribution in [0.1, 0.15) is 29.5 Å². The molecule has 0 fully saturated rings. The first-order valence-electron chi connectivity index (χ1n) is 9.27. The highest BCUT2D eigenvalue weighted by molar-refractivity contribution is 8.09. The average Bonchev–Trinajstić information content (AvgIpc) is 2.73. The lowest BCUT2D eigenvalue weighted by atomic mass is 9.86. The van der Waals surface area contributed by atoms with Gasteiger partial charge in [-0.1, -0.05) is 42.6 Å². The van der Waals surface area contributed by atoms with Gasteiger partial charge in [0.2, 0.25) is 0 Å². The normalized spacial score (nSPS) is 18.1. The quantitative estimate of drug-likeness (QED) is 0.481. The molecular weight excluding hydrogens is 394 g/mol. The van der Waals surface area contributed by atoms with E-state index in [9.17, 15) is 13.6 Å². The van der Waals surface area contributed by atoms with Crippen LogP contribution in [0.3, 0.4) is 0 Å². The number of nitrogens with zero attached hydrogens (tertiary/aromatic N) is 2. The van der Waals surface area contributed by atoms with Gasteiger partial charge in [-0.15, -0.1) is 0 Å². The highest BCUT2D eigenvalue weighted by Crippen LogP contribution is 2.53. The van der Waals surface area contributed by atoms with Gasteiger partial charge in [-0.2, -0.15) is 0 Å². The van der Waals surface area contributed by atoms with Gasteiger partial charge in [0.1, 0.15) is 16.5 Å².